The van der Waals surface area contributed by atoms with Crippen LogP contribution in [0.4, 0.5) is 13.2 Å². The van der Waals surface area contributed by atoms with E-state index in [0.29, 0.717) is 9.09 Å². The van der Waals surface area contributed by atoms with Crippen molar-refractivity contribution in [2.45, 2.75) is 13.1 Å². The van der Waals surface area contributed by atoms with Crippen molar-refractivity contribution in [3.8, 4) is 0 Å². The van der Waals surface area contributed by atoms with Crippen LogP contribution >= 0.6 is 22.6 Å². The van der Waals surface area contributed by atoms with Crippen molar-refractivity contribution in [2.75, 3.05) is 0 Å². The first-order chi connectivity index (χ1) is 12.1. The first-order valence-electron chi connectivity index (χ1n) is 7.24. The SMILES string of the molecule is Cc1cccc(C(F)(F)F)c1C(=O)n1nc(I)c2ccc(C(=O)O)cc21. The normalized spacial score (nSPS) is 11.7. The summed E-state index contributed by atoms with van der Waals surface area (Å²) >= 11 is 1.84. The Hall–Kier alpha value is -2.43. The highest BCUT2D eigenvalue weighted by Gasteiger charge is 2.36. The highest BCUT2D eigenvalue weighted by Crippen LogP contribution is 2.34. The molecule has 0 atom stereocenters. The van der Waals surface area contributed by atoms with E-state index in [0.717, 1.165) is 10.7 Å². The van der Waals surface area contributed by atoms with Gasteiger partial charge >= 0.3 is 12.1 Å². The highest BCUT2D eigenvalue weighted by atomic mass is 127. The van der Waals surface area contributed by atoms with Gasteiger partial charge in [-0.15, -0.1) is 0 Å². The minimum absolute atomic E-state index is 0.0938. The van der Waals surface area contributed by atoms with Crippen molar-refractivity contribution >= 4 is 45.4 Å². The Morgan fingerprint density at radius 2 is 1.88 bits per heavy atom. The zero-order valence-electron chi connectivity index (χ0n) is 13.1. The predicted molar refractivity (Wildman–Crippen MR) is 95.3 cm³/mol. The van der Waals surface area contributed by atoms with E-state index < -0.39 is 29.2 Å². The summed E-state index contributed by atoms with van der Waals surface area (Å²) in [5.41, 5.74) is -1.38. The summed E-state index contributed by atoms with van der Waals surface area (Å²) in [6, 6.07) is 7.50. The molecular formula is C17H10F3IN2O3. The molecule has 2 aromatic carbocycles. The van der Waals surface area contributed by atoms with Crippen LogP contribution in [0, 0.1) is 10.6 Å². The van der Waals surface area contributed by atoms with E-state index in [1.54, 1.807) is 0 Å². The summed E-state index contributed by atoms with van der Waals surface area (Å²) in [5.74, 6) is -2.18. The quantitative estimate of drug-likeness (QED) is 0.561. The van der Waals surface area contributed by atoms with Gasteiger partial charge in [0.15, 0.2) is 0 Å². The smallest absolute Gasteiger partial charge is 0.417 e. The fourth-order valence-electron chi connectivity index (χ4n) is 2.66. The lowest BCUT2D eigenvalue weighted by molar-refractivity contribution is -0.138. The van der Waals surface area contributed by atoms with Crippen LogP contribution < -0.4 is 0 Å². The molecule has 0 radical (unpaired) electrons. The maximum atomic E-state index is 13.3. The average Bonchev–Trinajstić information content (AvgIpc) is 2.89. The van der Waals surface area contributed by atoms with E-state index in [-0.39, 0.29) is 16.6 Å². The molecule has 0 aliphatic carbocycles. The van der Waals surface area contributed by atoms with Crippen LogP contribution in [0.1, 0.15) is 31.8 Å². The number of aromatic nitrogens is 2. The third-order valence-electron chi connectivity index (χ3n) is 3.87. The van der Waals surface area contributed by atoms with Crippen molar-refractivity contribution in [3.63, 3.8) is 0 Å². The van der Waals surface area contributed by atoms with E-state index in [9.17, 15) is 22.8 Å². The summed E-state index contributed by atoms with van der Waals surface area (Å²) < 4.78 is 41.2. The molecule has 1 aromatic heterocycles. The second kappa shape index (κ2) is 6.38. The van der Waals surface area contributed by atoms with Gasteiger partial charge in [0.05, 0.1) is 22.2 Å². The van der Waals surface area contributed by atoms with Gasteiger partial charge in [-0.05, 0) is 59.3 Å². The molecule has 0 bridgehead atoms. The Morgan fingerprint density at radius 1 is 1.19 bits per heavy atom. The summed E-state index contributed by atoms with van der Waals surface area (Å²) in [7, 11) is 0. The topological polar surface area (TPSA) is 72.2 Å². The fourth-order valence-corrected chi connectivity index (χ4v) is 3.33. The Morgan fingerprint density at radius 3 is 2.50 bits per heavy atom. The van der Waals surface area contributed by atoms with E-state index in [4.69, 9.17) is 5.11 Å². The summed E-state index contributed by atoms with van der Waals surface area (Å²) in [5, 5.41) is 13.6. The van der Waals surface area contributed by atoms with Crippen LogP contribution in [-0.2, 0) is 6.18 Å². The van der Waals surface area contributed by atoms with Gasteiger partial charge in [0.2, 0.25) is 0 Å². The number of carbonyl (C=O) groups excluding carboxylic acids is 1. The summed E-state index contributed by atoms with van der Waals surface area (Å²) in [6.45, 7) is 1.40. The molecule has 3 rings (SSSR count). The molecule has 0 saturated carbocycles. The molecule has 1 N–H and O–H groups in total. The van der Waals surface area contributed by atoms with Gasteiger partial charge in [-0.1, -0.05) is 12.1 Å². The van der Waals surface area contributed by atoms with Crippen LogP contribution in [0.2, 0.25) is 0 Å². The molecule has 0 aliphatic heterocycles. The van der Waals surface area contributed by atoms with E-state index in [2.05, 4.69) is 5.10 Å². The lowest BCUT2D eigenvalue weighted by Gasteiger charge is -2.14. The molecule has 5 nitrogen and oxygen atoms in total. The van der Waals surface area contributed by atoms with Crippen LogP contribution in [0.3, 0.4) is 0 Å². The predicted octanol–water partition coefficient (Wildman–Crippen LogP) is 4.35. The number of hydrogen-bond acceptors (Lipinski definition) is 3. The molecular weight excluding hydrogens is 464 g/mol. The van der Waals surface area contributed by atoms with E-state index in [1.165, 1.54) is 37.3 Å². The third kappa shape index (κ3) is 3.06. The van der Waals surface area contributed by atoms with Gasteiger partial charge < -0.3 is 5.11 Å². The zero-order chi connectivity index (χ0) is 19.2. The van der Waals surface area contributed by atoms with Gasteiger partial charge in [0.25, 0.3) is 5.91 Å². The number of carboxylic acids is 1. The van der Waals surface area contributed by atoms with Crippen molar-refractivity contribution in [2.24, 2.45) is 0 Å². The lowest BCUT2D eigenvalue weighted by Crippen LogP contribution is -2.21. The Balaban J connectivity index is 2.27. The Bertz CT molecular complexity index is 1060. The maximum absolute atomic E-state index is 13.3. The van der Waals surface area contributed by atoms with Gasteiger partial charge in [0, 0.05) is 5.39 Å². The molecule has 26 heavy (non-hydrogen) atoms. The van der Waals surface area contributed by atoms with Crippen LogP contribution in [0.5, 0.6) is 0 Å². The monoisotopic (exact) mass is 474 g/mol. The fraction of sp³-hybridized carbons (Fsp3) is 0.118. The lowest BCUT2D eigenvalue weighted by atomic mass is 10.0. The molecule has 0 aliphatic rings. The van der Waals surface area contributed by atoms with Gasteiger partial charge in [0.1, 0.15) is 3.70 Å². The number of hydrogen-bond donors (Lipinski definition) is 1. The molecule has 0 saturated heterocycles. The van der Waals surface area contributed by atoms with Crippen molar-refractivity contribution in [1.82, 2.24) is 9.78 Å². The van der Waals surface area contributed by atoms with Gasteiger partial charge in [-0.3, -0.25) is 4.79 Å². The number of carbonyl (C=O) groups is 2. The Kier molecular flexibility index (Phi) is 4.51. The second-order valence-electron chi connectivity index (χ2n) is 5.54. The summed E-state index contributed by atoms with van der Waals surface area (Å²) in [4.78, 5) is 24.1. The van der Waals surface area contributed by atoms with E-state index in [1.807, 2.05) is 22.6 Å². The number of aromatic carboxylic acids is 1. The summed E-state index contributed by atoms with van der Waals surface area (Å²) in [6.07, 6.45) is -4.71. The number of nitrogens with zero attached hydrogens (tertiary/aromatic N) is 2. The molecule has 0 fully saturated rings. The maximum Gasteiger partial charge on any atom is 0.417 e. The molecule has 0 amide bonds. The molecule has 3 aromatic rings. The minimum atomic E-state index is -4.71. The highest BCUT2D eigenvalue weighted by molar-refractivity contribution is 14.1. The third-order valence-corrected chi connectivity index (χ3v) is 4.66. The minimum Gasteiger partial charge on any atom is -0.478 e. The number of halogens is 4. The first-order valence-corrected chi connectivity index (χ1v) is 8.32. The number of fused-ring (bicyclic) bond motifs is 1. The van der Waals surface area contributed by atoms with Crippen molar-refractivity contribution in [1.29, 1.82) is 0 Å². The van der Waals surface area contributed by atoms with Crippen LogP contribution in [-0.4, -0.2) is 26.8 Å². The number of rotatable bonds is 2. The number of carboxylic acid groups (broad SMARTS) is 1. The van der Waals surface area contributed by atoms with Crippen molar-refractivity contribution in [3.05, 3.63) is 62.4 Å². The second-order valence-corrected chi connectivity index (χ2v) is 6.56. The largest absolute Gasteiger partial charge is 0.478 e. The number of benzene rings is 2. The van der Waals surface area contributed by atoms with Crippen LogP contribution in [0.15, 0.2) is 36.4 Å². The molecule has 0 spiro atoms. The van der Waals surface area contributed by atoms with Crippen molar-refractivity contribution < 1.29 is 27.9 Å². The Labute approximate surface area is 158 Å². The van der Waals surface area contributed by atoms with Gasteiger partial charge in [-0.2, -0.15) is 23.0 Å². The van der Waals surface area contributed by atoms with Gasteiger partial charge in [-0.25, -0.2) is 4.79 Å². The van der Waals surface area contributed by atoms with E-state index >= 15 is 0 Å². The number of alkyl halides is 3. The molecule has 1 heterocycles. The standard InChI is InChI=1S/C17H10F3IN2O3/c1-8-3-2-4-11(17(18,19)20)13(8)15(24)23-12-7-9(16(25)26)5-6-10(12)14(21)22-23/h2-7H,1H3,(H,25,26). The zero-order valence-corrected chi connectivity index (χ0v) is 15.3. The molecule has 9 heteroatoms. The average molecular weight is 474 g/mol. The molecule has 0 unspecified atom stereocenters. The number of aryl methyl sites for hydroxylation is 1. The first kappa shape index (κ1) is 18.4. The van der Waals surface area contributed by atoms with Crippen LogP contribution in [0.25, 0.3) is 10.9 Å². The molecule has 134 valence electrons.